The second-order valence-corrected chi connectivity index (χ2v) is 6.77. The normalized spacial score (nSPS) is 15.5. The van der Waals surface area contributed by atoms with Crippen LogP contribution in [0.4, 0.5) is 16.0 Å². The molecule has 142 valence electrons. The molecule has 0 fully saturated rings. The van der Waals surface area contributed by atoms with Gasteiger partial charge < -0.3 is 5.32 Å². The van der Waals surface area contributed by atoms with Crippen LogP contribution in [0, 0.1) is 15.9 Å². The molecule has 6 nitrogen and oxygen atoms in total. The average molecular weight is 386 g/mol. The van der Waals surface area contributed by atoms with E-state index in [9.17, 15) is 14.5 Å². The van der Waals surface area contributed by atoms with Gasteiger partial charge in [0, 0.05) is 29.0 Å². The molecular weight excluding hydrogens is 371 g/mol. The smallest absolute Gasteiger partial charge is 0.270 e. The number of nitro benzene ring substituents is 1. The Balaban J connectivity index is 1.73. The van der Waals surface area contributed by atoms with Crippen LogP contribution in [0.3, 0.4) is 0 Å². The highest BCUT2D eigenvalue weighted by molar-refractivity contribution is 5.85. The molecule has 0 amide bonds. The summed E-state index contributed by atoms with van der Waals surface area (Å²) in [4.78, 5) is 15.4. The summed E-state index contributed by atoms with van der Waals surface area (Å²) in [5.74, 6) is 0.237. The highest BCUT2D eigenvalue weighted by Gasteiger charge is 2.27. The fourth-order valence-corrected chi connectivity index (χ4v) is 3.71. The molecule has 3 aromatic carbocycles. The third-order valence-electron chi connectivity index (χ3n) is 5.04. The van der Waals surface area contributed by atoms with Crippen molar-refractivity contribution >= 4 is 28.4 Å². The first-order chi connectivity index (χ1) is 14.1. The lowest BCUT2D eigenvalue weighted by molar-refractivity contribution is -0.384. The number of allylic oxidation sites excluding steroid dienone is 1. The topological polar surface area (TPSA) is 73.0 Å². The van der Waals surface area contributed by atoms with Gasteiger partial charge in [-0.1, -0.05) is 42.5 Å². The summed E-state index contributed by atoms with van der Waals surface area (Å²) < 4.78 is 16.6. The van der Waals surface area contributed by atoms with Crippen molar-refractivity contribution in [3.63, 3.8) is 0 Å². The van der Waals surface area contributed by atoms with E-state index in [0.29, 0.717) is 22.8 Å². The van der Waals surface area contributed by atoms with Gasteiger partial charge in [0.15, 0.2) is 0 Å². The molecular formula is C22H15FN4O2. The third-order valence-corrected chi connectivity index (χ3v) is 5.04. The zero-order valence-corrected chi connectivity index (χ0v) is 15.1. The Bertz CT molecular complexity index is 1290. The number of para-hydroxylation sites is 2. The van der Waals surface area contributed by atoms with Crippen LogP contribution in [0.5, 0.6) is 0 Å². The van der Waals surface area contributed by atoms with Crippen LogP contribution in [-0.4, -0.2) is 14.5 Å². The standard InChI is InChI=1S/C22H15FN4O2/c23-17-9-2-1-8-16(17)21-13-19(14-6-5-7-15(12-14)27(28)29)25-22-24-18-10-3-4-11-20(18)26(21)22/h1-13,21H,(H,24,25)/t21-/m1/s1. The van der Waals surface area contributed by atoms with Crippen molar-refractivity contribution in [1.29, 1.82) is 0 Å². The van der Waals surface area contributed by atoms with Gasteiger partial charge in [0.2, 0.25) is 5.95 Å². The molecule has 7 heteroatoms. The van der Waals surface area contributed by atoms with Gasteiger partial charge in [-0.3, -0.25) is 14.7 Å². The van der Waals surface area contributed by atoms with Crippen molar-refractivity contribution < 1.29 is 9.31 Å². The Morgan fingerprint density at radius 2 is 1.83 bits per heavy atom. The number of non-ortho nitro benzene ring substituents is 1. The van der Waals surface area contributed by atoms with Crippen molar-refractivity contribution in [2.45, 2.75) is 6.04 Å². The molecule has 0 bridgehead atoms. The number of nitrogens with one attached hydrogen (secondary N) is 1. The highest BCUT2D eigenvalue weighted by Crippen LogP contribution is 2.38. The summed E-state index contributed by atoms with van der Waals surface area (Å²) in [6, 6.07) is 20.2. The molecule has 1 aliphatic rings. The van der Waals surface area contributed by atoms with E-state index in [2.05, 4.69) is 10.3 Å². The number of fused-ring (bicyclic) bond motifs is 3. The molecule has 0 saturated carbocycles. The third kappa shape index (κ3) is 2.84. The number of hydrogen-bond acceptors (Lipinski definition) is 4. The van der Waals surface area contributed by atoms with Crippen molar-refractivity contribution in [3.05, 3.63) is 106 Å². The summed E-state index contributed by atoms with van der Waals surface area (Å²) in [7, 11) is 0. The second kappa shape index (κ2) is 6.56. The summed E-state index contributed by atoms with van der Waals surface area (Å²) in [5, 5.41) is 14.4. The van der Waals surface area contributed by atoms with Crippen LogP contribution in [0.1, 0.15) is 17.2 Å². The van der Waals surface area contributed by atoms with Gasteiger partial charge in [-0.2, -0.15) is 0 Å². The number of aromatic nitrogens is 2. The largest absolute Gasteiger partial charge is 0.325 e. The van der Waals surface area contributed by atoms with E-state index >= 15 is 0 Å². The maximum absolute atomic E-state index is 14.7. The van der Waals surface area contributed by atoms with E-state index in [1.165, 1.54) is 18.2 Å². The lowest BCUT2D eigenvalue weighted by Crippen LogP contribution is -2.20. The molecule has 4 aromatic rings. The molecule has 0 saturated heterocycles. The zero-order valence-electron chi connectivity index (χ0n) is 15.1. The van der Waals surface area contributed by atoms with Gasteiger partial charge in [0.1, 0.15) is 5.82 Å². The molecule has 0 spiro atoms. The van der Waals surface area contributed by atoms with E-state index < -0.39 is 11.0 Å². The summed E-state index contributed by atoms with van der Waals surface area (Å²) in [6.45, 7) is 0. The van der Waals surface area contributed by atoms with Crippen LogP contribution in [0.15, 0.2) is 78.9 Å². The number of nitro groups is 1. The number of benzene rings is 3. The Labute approximate surface area is 165 Å². The molecule has 1 aromatic heterocycles. The molecule has 0 radical (unpaired) electrons. The zero-order chi connectivity index (χ0) is 20.0. The second-order valence-electron chi connectivity index (χ2n) is 6.77. The Morgan fingerprint density at radius 3 is 2.66 bits per heavy atom. The van der Waals surface area contributed by atoms with Gasteiger partial charge in [-0.15, -0.1) is 0 Å². The molecule has 0 unspecified atom stereocenters. The molecule has 5 rings (SSSR count). The van der Waals surface area contributed by atoms with Gasteiger partial charge in [-0.05, 0) is 24.3 Å². The van der Waals surface area contributed by atoms with Crippen molar-refractivity contribution in [3.8, 4) is 0 Å². The lowest BCUT2D eigenvalue weighted by atomic mass is 10.0. The van der Waals surface area contributed by atoms with Crippen molar-refractivity contribution in [2.75, 3.05) is 5.32 Å². The van der Waals surface area contributed by atoms with E-state index in [4.69, 9.17) is 0 Å². The molecule has 1 atom stereocenters. The summed E-state index contributed by atoms with van der Waals surface area (Å²) in [5.41, 5.74) is 3.43. The number of halogens is 1. The molecule has 0 aliphatic carbocycles. The van der Waals surface area contributed by atoms with Crippen LogP contribution in [-0.2, 0) is 0 Å². The minimum absolute atomic E-state index is 0.00767. The summed E-state index contributed by atoms with van der Waals surface area (Å²) >= 11 is 0. The van der Waals surface area contributed by atoms with Gasteiger partial charge in [-0.25, -0.2) is 9.37 Å². The quantitative estimate of drug-likeness (QED) is 0.391. The average Bonchev–Trinajstić information content (AvgIpc) is 3.12. The van der Waals surface area contributed by atoms with Crippen molar-refractivity contribution in [1.82, 2.24) is 9.55 Å². The van der Waals surface area contributed by atoms with Crippen LogP contribution in [0.2, 0.25) is 0 Å². The monoisotopic (exact) mass is 386 g/mol. The minimum Gasteiger partial charge on any atom is -0.325 e. The van der Waals surface area contributed by atoms with Gasteiger partial charge >= 0.3 is 0 Å². The first-order valence-electron chi connectivity index (χ1n) is 9.07. The number of imidazole rings is 1. The van der Waals surface area contributed by atoms with Crippen LogP contribution < -0.4 is 5.32 Å². The number of anilines is 1. The van der Waals surface area contributed by atoms with E-state index in [0.717, 1.165) is 11.0 Å². The first-order valence-corrected chi connectivity index (χ1v) is 9.07. The van der Waals surface area contributed by atoms with E-state index in [1.807, 2.05) is 34.9 Å². The fraction of sp³-hybridized carbons (Fsp3) is 0.0455. The van der Waals surface area contributed by atoms with Gasteiger partial charge in [0.05, 0.1) is 22.0 Å². The maximum atomic E-state index is 14.7. The van der Waals surface area contributed by atoms with Crippen molar-refractivity contribution in [2.24, 2.45) is 0 Å². The van der Waals surface area contributed by atoms with E-state index in [1.54, 1.807) is 30.3 Å². The first kappa shape index (κ1) is 17.1. The lowest BCUT2D eigenvalue weighted by Gasteiger charge is -2.26. The van der Waals surface area contributed by atoms with Gasteiger partial charge in [0.25, 0.3) is 5.69 Å². The highest BCUT2D eigenvalue weighted by atomic mass is 19.1. The Hall–Kier alpha value is -4.00. The Kier molecular flexibility index (Phi) is 3.87. The Morgan fingerprint density at radius 1 is 1.03 bits per heavy atom. The SMILES string of the molecule is O=[N+]([O-])c1cccc(C2=C[C@H](c3ccccc3F)n3c(nc4ccccc43)N2)c1. The number of nitrogens with zero attached hydrogens (tertiary/aromatic N) is 3. The van der Waals surface area contributed by atoms with E-state index in [-0.39, 0.29) is 11.5 Å². The van der Waals surface area contributed by atoms with Crippen LogP contribution in [0.25, 0.3) is 16.7 Å². The predicted octanol–water partition coefficient (Wildman–Crippen LogP) is 5.14. The maximum Gasteiger partial charge on any atom is 0.270 e. The molecule has 1 N–H and O–H groups in total. The molecule has 1 aliphatic heterocycles. The number of rotatable bonds is 3. The molecule has 29 heavy (non-hydrogen) atoms. The number of hydrogen-bond donors (Lipinski definition) is 1. The van der Waals surface area contributed by atoms with Crippen LogP contribution >= 0.6 is 0 Å². The minimum atomic E-state index is -0.450. The molecule has 2 heterocycles. The predicted molar refractivity (Wildman–Crippen MR) is 109 cm³/mol. The summed E-state index contributed by atoms with van der Waals surface area (Å²) in [6.07, 6.45) is 1.87. The fourth-order valence-electron chi connectivity index (χ4n) is 3.71.